The van der Waals surface area contributed by atoms with Gasteiger partial charge in [0.05, 0.1) is 0 Å². The minimum Gasteiger partial charge on any atom is -0.383 e. The molecule has 0 atom stereocenters. The zero-order chi connectivity index (χ0) is 14.7. The predicted octanol–water partition coefficient (Wildman–Crippen LogP) is 4.34. The minimum absolute atomic E-state index is 0.698. The molecule has 3 nitrogen and oxygen atoms in total. The molecule has 2 rings (SSSR count). The van der Waals surface area contributed by atoms with Gasteiger partial charge in [-0.2, -0.15) is 0 Å². The van der Waals surface area contributed by atoms with E-state index >= 15 is 0 Å². The Morgan fingerprint density at radius 2 is 2.20 bits per heavy atom. The molecule has 1 aromatic heterocycles. The molecule has 0 bridgehead atoms. The average Bonchev–Trinajstić information content (AvgIpc) is 2.72. The van der Waals surface area contributed by atoms with E-state index in [4.69, 9.17) is 10.7 Å². The van der Waals surface area contributed by atoms with E-state index in [0.717, 1.165) is 40.2 Å². The van der Waals surface area contributed by atoms with E-state index in [1.165, 1.54) is 5.56 Å². The van der Waals surface area contributed by atoms with E-state index in [9.17, 15) is 0 Å². The van der Waals surface area contributed by atoms with Gasteiger partial charge >= 0.3 is 0 Å². The van der Waals surface area contributed by atoms with Crippen molar-refractivity contribution in [1.82, 2.24) is 9.55 Å². The van der Waals surface area contributed by atoms with Crippen LogP contribution in [0.15, 0.2) is 35.3 Å². The number of hydrogen-bond donors (Lipinski definition) is 1. The number of nitrogens with two attached hydrogens (primary N) is 1. The zero-order valence-electron chi connectivity index (χ0n) is 12.0. The van der Waals surface area contributed by atoms with Gasteiger partial charge in [0.15, 0.2) is 0 Å². The standard InChI is InChI=1S/C16H20BrN3/c1-4-6-14-19-15(16(18)20(14)9-5-2)12-7-8-13(17)11(3)10-12/h5,7-8,10H,2,4,6,9,18H2,1,3H3. The summed E-state index contributed by atoms with van der Waals surface area (Å²) in [4.78, 5) is 4.73. The molecule has 0 saturated carbocycles. The summed E-state index contributed by atoms with van der Waals surface area (Å²) in [5.74, 6) is 1.75. The van der Waals surface area contributed by atoms with E-state index in [1.54, 1.807) is 0 Å². The lowest BCUT2D eigenvalue weighted by molar-refractivity contribution is 0.724. The summed E-state index contributed by atoms with van der Waals surface area (Å²) >= 11 is 3.52. The number of hydrogen-bond acceptors (Lipinski definition) is 2. The van der Waals surface area contributed by atoms with Crippen LogP contribution in [0.25, 0.3) is 11.3 Å². The van der Waals surface area contributed by atoms with E-state index in [0.29, 0.717) is 6.54 Å². The van der Waals surface area contributed by atoms with Gasteiger partial charge in [-0.05, 0) is 31.0 Å². The summed E-state index contributed by atoms with van der Waals surface area (Å²) in [6, 6.07) is 6.19. The molecule has 0 aliphatic heterocycles. The third-order valence-electron chi connectivity index (χ3n) is 3.30. The average molecular weight is 334 g/mol. The van der Waals surface area contributed by atoms with Crippen LogP contribution in [-0.2, 0) is 13.0 Å². The fraction of sp³-hybridized carbons (Fsp3) is 0.312. The van der Waals surface area contributed by atoms with Gasteiger partial charge in [-0.25, -0.2) is 4.98 Å². The molecule has 2 N–H and O–H groups in total. The highest BCUT2D eigenvalue weighted by molar-refractivity contribution is 9.10. The summed E-state index contributed by atoms with van der Waals surface area (Å²) in [6.45, 7) is 8.71. The van der Waals surface area contributed by atoms with Crippen LogP contribution < -0.4 is 5.73 Å². The maximum Gasteiger partial charge on any atom is 0.132 e. The normalized spacial score (nSPS) is 10.8. The Balaban J connectivity index is 2.53. The molecule has 0 aliphatic carbocycles. The Labute approximate surface area is 128 Å². The monoisotopic (exact) mass is 333 g/mol. The van der Waals surface area contributed by atoms with Crippen molar-refractivity contribution < 1.29 is 0 Å². The second kappa shape index (κ2) is 6.27. The highest BCUT2D eigenvalue weighted by Gasteiger charge is 2.15. The van der Waals surface area contributed by atoms with Crippen LogP contribution in [0.4, 0.5) is 5.82 Å². The lowest BCUT2D eigenvalue weighted by Crippen LogP contribution is -2.05. The Morgan fingerprint density at radius 1 is 1.45 bits per heavy atom. The molecular formula is C16H20BrN3. The lowest BCUT2D eigenvalue weighted by atomic mass is 10.1. The Morgan fingerprint density at radius 3 is 2.80 bits per heavy atom. The van der Waals surface area contributed by atoms with Crippen molar-refractivity contribution in [2.24, 2.45) is 0 Å². The number of anilines is 1. The lowest BCUT2D eigenvalue weighted by Gasteiger charge is -2.06. The largest absolute Gasteiger partial charge is 0.383 e. The highest BCUT2D eigenvalue weighted by Crippen LogP contribution is 2.29. The molecule has 0 radical (unpaired) electrons. The number of imidazole rings is 1. The first-order valence-corrected chi connectivity index (χ1v) is 7.60. The van der Waals surface area contributed by atoms with Crippen molar-refractivity contribution in [2.75, 3.05) is 5.73 Å². The second-order valence-electron chi connectivity index (χ2n) is 4.88. The number of benzene rings is 1. The maximum absolute atomic E-state index is 6.28. The summed E-state index contributed by atoms with van der Waals surface area (Å²) in [5.41, 5.74) is 9.38. The van der Waals surface area contributed by atoms with Crippen LogP contribution in [0.5, 0.6) is 0 Å². The summed E-state index contributed by atoms with van der Waals surface area (Å²) in [7, 11) is 0. The molecule has 106 valence electrons. The Hall–Kier alpha value is -1.55. The van der Waals surface area contributed by atoms with Crippen LogP contribution in [0.3, 0.4) is 0 Å². The molecular weight excluding hydrogens is 314 g/mol. The summed E-state index contributed by atoms with van der Waals surface area (Å²) < 4.78 is 3.14. The fourth-order valence-corrected chi connectivity index (χ4v) is 2.51. The topological polar surface area (TPSA) is 43.8 Å². The first kappa shape index (κ1) is 14.9. The fourth-order valence-electron chi connectivity index (χ4n) is 2.27. The molecule has 1 aromatic carbocycles. The van der Waals surface area contributed by atoms with Gasteiger partial charge in [-0.15, -0.1) is 6.58 Å². The molecule has 0 saturated heterocycles. The van der Waals surface area contributed by atoms with E-state index in [2.05, 4.69) is 42.4 Å². The number of aryl methyl sites for hydroxylation is 2. The number of aromatic nitrogens is 2. The van der Waals surface area contributed by atoms with Crippen molar-refractivity contribution in [3.05, 3.63) is 46.7 Å². The van der Waals surface area contributed by atoms with Crippen molar-refractivity contribution in [3.8, 4) is 11.3 Å². The van der Waals surface area contributed by atoms with Gasteiger partial charge in [0.2, 0.25) is 0 Å². The minimum atomic E-state index is 0.698. The van der Waals surface area contributed by atoms with Gasteiger partial charge < -0.3 is 10.3 Å². The van der Waals surface area contributed by atoms with Gasteiger partial charge in [-0.1, -0.05) is 35.0 Å². The molecule has 0 aliphatic rings. The predicted molar refractivity (Wildman–Crippen MR) is 88.7 cm³/mol. The molecule has 0 spiro atoms. The highest BCUT2D eigenvalue weighted by atomic mass is 79.9. The summed E-state index contributed by atoms with van der Waals surface area (Å²) in [6.07, 6.45) is 3.83. The smallest absolute Gasteiger partial charge is 0.132 e. The zero-order valence-corrected chi connectivity index (χ0v) is 13.6. The van der Waals surface area contributed by atoms with E-state index < -0.39 is 0 Å². The van der Waals surface area contributed by atoms with Crippen molar-refractivity contribution >= 4 is 21.7 Å². The first-order valence-electron chi connectivity index (χ1n) is 6.80. The molecule has 0 fully saturated rings. The second-order valence-corrected chi connectivity index (χ2v) is 5.73. The van der Waals surface area contributed by atoms with Gasteiger partial charge in [0.1, 0.15) is 17.3 Å². The number of allylic oxidation sites excluding steroid dienone is 1. The van der Waals surface area contributed by atoms with Crippen LogP contribution in [0, 0.1) is 6.92 Å². The van der Waals surface area contributed by atoms with Gasteiger partial charge in [0.25, 0.3) is 0 Å². The van der Waals surface area contributed by atoms with E-state index in [1.807, 2.05) is 22.8 Å². The first-order chi connectivity index (χ1) is 9.58. The SMILES string of the molecule is C=CCn1c(CCC)nc(-c2ccc(Br)c(C)c2)c1N. The molecule has 4 heteroatoms. The van der Waals surface area contributed by atoms with E-state index in [-0.39, 0.29) is 0 Å². The molecule has 20 heavy (non-hydrogen) atoms. The Bertz CT molecular complexity index is 629. The number of halogens is 1. The third kappa shape index (κ3) is 2.80. The number of nitrogen functional groups attached to an aromatic ring is 1. The Kier molecular flexibility index (Phi) is 4.65. The molecule has 0 amide bonds. The van der Waals surface area contributed by atoms with Crippen molar-refractivity contribution in [2.45, 2.75) is 33.2 Å². The van der Waals surface area contributed by atoms with Crippen LogP contribution in [0.1, 0.15) is 24.7 Å². The number of rotatable bonds is 5. The maximum atomic E-state index is 6.28. The van der Waals surface area contributed by atoms with Crippen LogP contribution in [-0.4, -0.2) is 9.55 Å². The molecule has 1 heterocycles. The number of nitrogens with zero attached hydrogens (tertiary/aromatic N) is 2. The third-order valence-corrected chi connectivity index (χ3v) is 4.19. The summed E-state index contributed by atoms with van der Waals surface area (Å²) in [5, 5.41) is 0. The van der Waals surface area contributed by atoms with Crippen molar-refractivity contribution in [3.63, 3.8) is 0 Å². The molecule has 2 aromatic rings. The van der Waals surface area contributed by atoms with Crippen LogP contribution in [0.2, 0.25) is 0 Å². The van der Waals surface area contributed by atoms with Gasteiger partial charge in [0, 0.05) is 23.0 Å². The van der Waals surface area contributed by atoms with Crippen molar-refractivity contribution in [1.29, 1.82) is 0 Å². The van der Waals surface area contributed by atoms with Crippen LogP contribution >= 0.6 is 15.9 Å². The quantitative estimate of drug-likeness (QED) is 0.827. The molecule has 0 unspecified atom stereocenters. The van der Waals surface area contributed by atoms with Gasteiger partial charge in [-0.3, -0.25) is 0 Å².